The SMILES string of the molecule is COc1ccc([I+]c2cccnc2Br)cc1. The van der Waals surface area contributed by atoms with E-state index < -0.39 is 0 Å². The maximum atomic E-state index is 5.13. The number of halogens is 2. The van der Waals surface area contributed by atoms with Gasteiger partial charge in [-0.25, -0.2) is 4.98 Å². The summed E-state index contributed by atoms with van der Waals surface area (Å²) in [6, 6.07) is 12.3. The average Bonchev–Trinajstić information content (AvgIpc) is 2.33. The Morgan fingerprint density at radius 2 is 1.94 bits per heavy atom. The lowest BCUT2D eigenvalue weighted by molar-refractivity contribution is -0.598. The Bertz CT molecular complexity index is 473. The minimum absolute atomic E-state index is 0.176. The van der Waals surface area contributed by atoms with Crippen LogP contribution in [0.3, 0.4) is 0 Å². The third-order valence-electron chi connectivity index (χ3n) is 1.97. The Balaban J connectivity index is 2.18. The molecule has 0 atom stereocenters. The number of ether oxygens (including phenoxy) is 1. The summed E-state index contributed by atoms with van der Waals surface area (Å²) >= 11 is 3.30. The smallest absolute Gasteiger partial charge is 0.360 e. The second kappa shape index (κ2) is 5.63. The molecule has 0 unspecified atom stereocenters. The Morgan fingerprint density at radius 3 is 2.56 bits per heavy atom. The summed E-state index contributed by atoms with van der Waals surface area (Å²) in [5, 5.41) is 0. The molecular formula is C12H10BrINO+. The lowest BCUT2D eigenvalue weighted by Crippen LogP contribution is -3.61. The fraction of sp³-hybridized carbons (Fsp3) is 0.0833. The molecule has 0 spiro atoms. The number of aromatic nitrogens is 1. The van der Waals surface area contributed by atoms with Gasteiger partial charge < -0.3 is 4.74 Å². The highest BCUT2D eigenvalue weighted by molar-refractivity contribution is 9.10. The van der Waals surface area contributed by atoms with Crippen LogP contribution < -0.4 is 25.9 Å². The topological polar surface area (TPSA) is 22.1 Å². The first-order valence-electron chi connectivity index (χ1n) is 4.69. The molecule has 0 N–H and O–H groups in total. The predicted octanol–water partition coefficient (Wildman–Crippen LogP) is -0.0189. The monoisotopic (exact) mass is 390 g/mol. The van der Waals surface area contributed by atoms with Crippen LogP contribution in [0.5, 0.6) is 5.75 Å². The van der Waals surface area contributed by atoms with Crippen molar-refractivity contribution < 1.29 is 25.9 Å². The second-order valence-corrected chi connectivity index (χ2v) is 6.73. The van der Waals surface area contributed by atoms with E-state index in [4.69, 9.17) is 4.74 Å². The Kier molecular flexibility index (Phi) is 4.17. The Morgan fingerprint density at radius 1 is 1.19 bits per heavy atom. The van der Waals surface area contributed by atoms with Crippen molar-refractivity contribution >= 4 is 15.9 Å². The molecule has 0 bridgehead atoms. The first-order chi connectivity index (χ1) is 7.79. The quantitative estimate of drug-likeness (QED) is 0.543. The van der Waals surface area contributed by atoms with E-state index in [1.165, 1.54) is 7.14 Å². The van der Waals surface area contributed by atoms with Gasteiger partial charge in [0.25, 0.3) is 0 Å². The van der Waals surface area contributed by atoms with Crippen LogP contribution in [-0.2, 0) is 0 Å². The van der Waals surface area contributed by atoms with Crippen molar-refractivity contribution in [1.82, 2.24) is 4.98 Å². The molecule has 82 valence electrons. The van der Waals surface area contributed by atoms with Gasteiger partial charge in [0.05, 0.1) is 7.11 Å². The van der Waals surface area contributed by atoms with Crippen LogP contribution in [0.15, 0.2) is 47.2 Å². The van der Waals surface area contributed by atoms with Gasteiger partial charge in [-0.15, -0.1) is 0 Å². The fourth-order valence-electron chi connectivity index (χ4n) is 1.19. The third kappa shape index (κ3) is 2.95. The maximum absolute atomic E-state index is 5.13. The van der Waals surface area contributed by atoms with Crippen LogP contribution in [0.2, 0.25) is 0 Å². The van der Waals surface area contributed by atoms with Gasteiger partial charge in [-0.2, -0.15) is 0 Å². The van der Waals surface area contributed by atoms with Crippen LogP contribution in [0, 0.1) is 7.14 Å². The van der Waals surface area contributed by atoms with E-state index in [-0.39, 0.29) is 21.2 Å². The lowest BCUT2D eigenvalue weighted by Gasteiger charge is -1.96. The summed E-state index contributed by atoms with van der Waals surface area (Å²) in [7, 11) is 1.68. The zero-order chi connectivity index (χ0) is 11.4. The van der Waals surface area contributed by atoms with Gasteiger partial charge >= 0.3 is 21.2 Å². The molecule has 2 nitrogen and oxygen atoms in total. The standard InChI is InChI=1S/C12H10BrINO/c1-16-10-6-4-9(5-7-10)14-11-3-2-8-15-12(11)13/h2-8H,1H3/q+1. The minimum Gasteiger partial charge on any atom is -0.497 e. The van der Waals surface area contributed by atoms with E-state index in [1.54, 1.807) is 13.3 Å². The molecular weight excluding hydrogens is 381 g/mol. The largest absolute Gasteiger partial charge is 0.497 e. The van der Waals surface area contributed by atoms with Gasteiger partial charge in [-0.05, 0) is 52.3 Å². The molecule has 1 aromatic heterocycles. The van der Waals surface area contributed by atoms with Gasteiger partial charge in [0.15, 0.2) is 8.17 Å². The maximum Gasteiger partial charge on any atom is 0.360 e. The summed E-state index contributed by atoms with van der Waals surface area (Å²) in [4.78, 5) is 4.23. The van der Waals surface area contributed by atoms with Crippen molar-refractivity contribution in [3.8, 4) is 5.75 Å². The molecule has 0 aliphatic carbocycles. The third-order valence-corrected chi connectivity index (χ3v) is 6.14. The van der Waals surface area contributed by atoms with E-state index in [2.05, 4.69) is 39.1 Å². The molecule has 0 fully saturated rings. The highest BCUT2D eigenvalue weighted by Gasteiger charge is 2.19. The first kappa shape index (κ1) is 11.9. The molecule has 0 saturated heterocycles. The predicted molar refractivity (Wildman–Crippen MR) is 62.3 cm³/mol. The summed E-state index contributed by atoms with van der Waals surface area (Å²) in [6.07, 6.45) is 1.80. The van der Waals surface area contributed by atoms with Gasteiger partial charge in [0.2, 0.25) is 3.57 Å². The number of hydrogen-bond donors (Lipinski definition) is 0. The van der Waals surface area contributed by atoms with Gasteiger partial charge in [0, 0.05) is 6.20 Å². The number of hydrogen-bond acceptors (Lipinski definition) is 2. The van der Waals surface area contributed by atoms with E-state index in [0.29, 0.717) is 0 Å². The van der Waals surface area contributed by atoms with Crippen molar-refractivity contribution in [2.75, 3.05) is 7.11 Å². The summed E-state index contributed by atoms with van der Waals surface area (Å²) < 4.78 is 8.74. The number of methoxy groups -OCH3 is 1. The van der Waals surface area contributed by atoms with Crippen LogP contribution in [-0.4, -0.2) is 12.1 Å². The van der Waals surface area contributed by atoms with E-state index >= 15 is 0 Å². The van der Waals surface area contributed by atoms with Crippen LogP contribution in [0.25, 0.3) is 0 Å². The fourth-order valence-corrected chi connectivity index (χ4v) is 4.08. The second-order valence-electron chi connectivity index (χ2n) is 3.03. The number of rotatable bonds is 3. The van der Waals surface area contributed by atoms with Crippen molar-refractivity contribution in [3.63, 3.8) is 0 Å². The molecule has 2 rings (SSSR count). The molecule has 1 aromatic carbocycles. The van der Waals surface area contributed by atoms with Crippen molar-refractivity contribution in [1.29, 1.82) is 0 Å². The lowest BCUT2D eigenvalue weighted by atomic mass is 10.3. The van der Waals surface area contributed by atoms with Gasteiger partial charge in [-0.1, -0.05) is 0 Å². The Labute approximate surface area is 113 Å². The van der Waals surface area contributed by atoms with E-state index in [0.717, 1.165) is 10.4 Å². The number of pyridine rings is 1. The van der Waals surface area contributed by atoms with E-state index in [1.807, 2.05) is 18.2 Å². The highest BCUT2D eigenvalue weighted by Crippen LogP contribution is 2.06. The number of nitrogens with zero attached hydrogens (tertiary/aromatic N) is 1. The average molecular weight is 391 g/mol. The summed E-state index contributed by atoms with van der Waals surface area (Å²) in [5.41, 5.74) is 0. The van der Waals surface area contributed by atoms with Gasteiger partial charge in [0.1, 0.15) is 5.75 Å². The van der Waals surface area contributed by atoms with Crippen molar-refractivity contribution in [2.45, 2.75) is 0 Å². The molecule has 0 aliphatic heterocycles. The molecule has 2 aromatic rings. The number of benzene rings is 1. The van der Waals surface area contributed by atoms with Crippen LogP contribution in [0.1, 0.15) is 0 Å². The minimum atomic E-state index is -0.176. The Hall–Kier alpha value is -0.620. The highest BCUT2D eigenvalue weighted by atomic mass is 127. The normalized spacial score (nSPS) is 10.1. The zero-order valence-electron chi connectivity index (χ0n) is 8.65. The van der Waals surface area contributed by atoms with Crippen molar-refractivity contribution in [2.24, 2.45) is 0 Å². The molecule has 4 heteroatoms. The van der Waals surface area contributed by atoms with Gasteiger partial charge in [-0.3, -0.25) is 0 Å². The molecule has 0 saturated carbocycles. The van der Waals surface area contributed by atoms with Crippen LogP contribution in [0.4, 0.5) is 0 Å². The first-order valence-corrected chi connectivity index (χ1v) is 7.64. The van der Waals surface area contributed by atoms with E-state index in [9.17, 15) is 0 Å². The van der Waals surface area contributed by atoms with Crippen LogP contribution >= 0.6 is 15.9 Å². The molecule has 16 heavy (non-hydrogen) atoms. The molecule has 0 radical (unpaired) electrons. The molecule has 0 aliphatic rings. The molecule has 1 heterocycles. The zero-order valence-corrected chi connectivity index (χ0v) is 12.4. The summed E-state index contributed by atoms with van der Waals surface area (Å²) in [6.45, 7) is 0. The van der Waals surface area contributed by atoms with Crippen molar-refractivity contribution in [3.05, 3.63) is 54.3 Å². The molecule has 0 amide bonds. The summed E-state index contributed by atoms with van der Waals surface area (Å²) in [5.74, 6) is 0.901.